The van der Waals surface area contributed by atoms with E-state index in [2.05, 4.69) is 24.7 Å². The topological polar surface area (TPSA) is 44.8 Å². The second kappa shape index (κ2) is 8.97. The van der Waals surface area contributed by atoms with Gasteiger partial charge in [-0.2, -0.15) is 0 Å². The second-order valence-electron chi connectivity index (χ2n) is 5.32. The van der Waals surface area contributed by atoms with Crippen LogP contribution in [0.4, 0.5) is 4.79 Å². The number of ether oxygens (including phenoxy) is 3. The van der Waals surface area contributed by atoms with Crippen LogP contribution < -0.4 is 9.47 Å². The molecule has 0 unspecified atom stereocenters. The Morgan fingerprint density at radius 3 is 2.36 bits per heavy atom. The molecule has 0 aromatic heterocycles. The molecule has 0 amide bonds. The maximum atomic E-state index is 11.4. The van der Waals surface area contributed by atoms with Gasteiger partial charge in [-0.3, -0.25) is 0 Å². The predicted octanol–water partition coefficient (Wildman–Crippen LogP) is 5.84. The van der Waals surface area contributed by atoms with Crippen molar-refractivity contribution >= 4 is 29.4 Å². The molecule has 0 N–H and O–H groups in total. The largest absolute Gasteiger partial charge is 0.513 e. The lowest BCUT2D eigenvalue weighted by atomic mass is 10.1. The van der Waals surface area contributed by atoms with Crippen LogP contribution in [0.25, 0.3) is 0 Å². The first-order chi connectivity index (χ1) is 12.0. The molecule has 2 aromatic carbocycles. The Morgan fingerprint density at radius 2 is 1.72 bits per heavy atom. The molecule has 0 radical (unpaired) electrons. The van der Waals surface area contributed by atoms with Crippen LogP contribution in [0.5, 0.6) is 11.5 Å². The molecule has 0 heterocycles. The van der Waals surface area contributed by atoms with E-state index in [1.54, 1.807) is 18.2 Å². The van der Waals surface area contributed by atoms with Crippen molar-refractivity contribution in [2.75, 3.05) is 7.11 Å². The van der Waals surface area contributed by atoms with E-state index in [1.807, 2.05) is 6.07 Å². The van der Waals surface area contributed by atoms with Crippen LogP contribution in [-0.2, 0) is 24.2 Å². The van der Waals surface area contributed by atoms with Crippen LogP contribution in [-0.4, -0.2) is 13.3 Å². The fourth-order valence-corrected chi connectivity index (χ4v) is 2.90. The summed E-state index contributed by atoms with van der Waals surface area (Å²) in [5, 5.41) is 1.11. The van der Waals surface area contributed by atoms with Crippen molar-refractivity contribution in [1.82, 2.24) is 0 Å². The maximum absolute atomic E-state index is 11.4. The first-order valence-electron chi connectivity index (χ1n) is 7.97. The van der Waals surface area contributed by atoms with Crippen molar-refractivity contribution in [3.05, 3.63) is 57.1 Å². The molecule has 0 saturated heterocycles. The number of halogens is 2. The molecule has 0 aliphatic heterocycles. The molecule has 0 bridgehead atoms. The van der Waals surface area contributed by atoms with Crippen LogP contribution in [0.2, 0.25) is 10.0 Å². The minimum atomic E-state index is -0.812. The van der Waals surface area contributed by atoms with Gasteiger partial charge >= 0.3 is 6.16 Å². The van der Waals surface area contributed by atoms with Gasteiger partial charge in [-0.15, -0.1) is 0 Å². The van der Waals surface area contributed by atoms with Crippen LogP contribution >= 0.6 is 23.2 Å². The predicted molar refractivity (Wildman–Crippen MR) is 99.0 cm³/mol. The number of aryl methyl sites for hydroxylation is 2. The number of methoxy groups -OCH3 is 1. The van der Waals surface area contributed by atoms with Crippen molar-refractivity contribution in [1.29, 1.82) is 0 Å². The lowest BCUT2D eigenvalue weighted by Crippen LogP contribution is -2.10. The summed E-state index contributed by atoms with van der Waals surface area (Å²) >= 11 is 12.5. The highest BCUT2D eigenvalue weighted by Crippen LogP contribution is 2.32. The zero-order valence-electron chi connectivity index (χ0n) is 14.4. The van der Waals surface area contributed by atoms with Crippen molar-refractivity contribution in [3.63, 3.8) is 0 Å². The monoisotopic (exact) mass is 382 g/mol. The number of rotatable bonds is 6. The fourth-order valence-electron chi connectivity index (χ4n) is 2.39. The van der Waals surface area contributed by atoms with Gasteiger partial charge in [0.1, 0.15) is 18.1 Å². The SMILES string of the molecule is CCc1cc(CC)c(OCc2c(Cl)cccc2OC(=O)OC)cc1Cl. The van der Waals surface area contributed by atoms with Gasteiger partial charge in [-0.25, -0.2) is 4.79 Å². The minimum absolute atomic E-state index is 0.140. The van der Waals surface area contributed by atoms with E-state index in [1.165, 1.54) is 7.11 Å². The molecule has 0 aliphatic rings. The molecule has 0 atom stereocenters. The Labute approximate surface area is 157 Å². The Kier molecular flexibility index (Phi) is 6.97. The minimum Gasteiger partial charge on any atom is -0.488 e. The quantitative estimate of drug-likeness (QED) is 0.464. The average Bonchev–Trinajstić information content (AvgIpc) is 2.61. The fraction of sp³-hybridized carbons (Fsp3) is 0.316. The molecule has 6 heteroatoms. The molecule has 0 aliphatic carbocycles. The molecule has 0 spiro atoms. The summed E-state index contributed by atoms with van der Waals surface area (Å²) in [6.07, 6.45) is 0.856. The van der Waals surface area contributed by atoms with Crippen LogP contribution in [0, 0.1) is 0 Å². The van der Waals surface area contributed by atoms with Crippen molar-refractivity contribution in [2.45, 2.75) is 33.3 Å². The van der Waals surface area contributed by atoms with Crippen LogP contribution in [0.3, 0.4) is 0 Å². The lowest BCUT2D eigenvalue weighted by molar-refractivity contribution is 0.120. The van der Waals surface area contributed by atoms with Gasteiger partial charge in [0, 0.05) is 5.02 Å². The highest BCUT2D eigenvalue weighted by atomic mass is 35.5. The molecular formula is C19H20Cl2O4. The number of hydrogen-bond donors (Lipinski definition) is 0. The van der Waals surface area contributed by atoms with Crippen molar-refractivity contribution in [3.8, 4) is 11.5 Å². The molecule has 134 valence electrons. The third kappa shape index (κ3) is 4.80. The molecule has 0 fully saturated rings. The van der Waals surface area contributed by atoms with E-state index in [9.17, 15) is 4.79 Å². The molecule has 0 saturated carbocycles. The van der Waals surface area contributed by atoms with Crippen LogP contribution in [0.15, 0.2) is 30.3 Å². The summed E-state index contributed by atoms with van der Waals surface area (Å²) in [7, 11) is 1.24. The summed E-state index contributed by atoms with van der Waals surface area (Å²) in [6, 6.07) is 8.90. The summed E-state index contributed by atoms with van der Waals surface area (Å²) in [6.45, 7) is 4.25. The Hall–Kier alpha value is -1.91. The summed E-state index contributed by atoms with van der Waals surface area (Å²) in [5.41, 5.74) is 2.70. The molecule has 25 heavy (non-hydrogen) atoms. The molecule has 2 rings (SSSR count). The Morgan fingerprint density at radius 1 is 1.00 bits per heavy atom. The van der Waals surface area contributed by atoms with Gasteiger partial charge in [-0.05, 0) is 42.2 Å². The van der Waals surface area contributed by atoms with Crippen molar-refractivity contribution < 1.29 is 19.0 Å². The Balaban J connectivity index is 2.27. The lowest BCUT2D eigenvalue weighted by Gasteiger charge is -2.15. The zero-order chi connectivity index (χ0) is 18.4. The van der Waals surface area contributed by atoms with Crippen LogP contribution in [0.1, 0.15) is 30.5 Å². The summed E-state index contributed by atoms with van der Waals surface area (Å²) < 4.78 is 15.6. The molecule has 2 aromatic rings. The average molecular weight is 383 g/mol. The highest BCUT2D eigenvalue weighted by Gasteiger charge is 2.15. The van der Waals surface area contributed by atoms with E-state index >= 15 is 0 Å². The summed E-state index contributed by atoms with van der Waals surface area (Å²) in [5.74, 6) is 0.988. The third-order valence-electron chi connectivity index (χ3n) is 3.80. The third-order valence-corrected chi connectivity index (χ3v) is 4.51. The van der Waals surface area contributed by atoms with E-state index in [4.69, 9.17) is 32.7 Å². The zero-order valence-corrected chi connectivity index (χ0v) is 15.9. The highest BCUT2D eigenvalue weighted by molar-refractivity contribution is 6.31. The normalized spacial score (nSPS) is 10.4. The van der Waals surface area contributed by atoms with Gasteiger partial charge in [-0.1, -0.05) is 49.2 Å². The summed E-state index contributed by atoms with van der Waals surface area (Å²) in [4.78, 5) is 11.4. The van der Waals surface area contributed by atoms with E-state index in [0.717, 1.165) is 24.0 Å². The number of benzene rings is 2. The molecular weight excluding hydrogens is 363 g/mol. The number of carbonyl (C=O) groups is 1. The van der Waals surface area contributed by atoms with Gasteiger partial charge in [0.25, 0.3) is 0 Å². The first kappa shape index (κ1) is 19.4. The van der Waals surface area contributed by atoms with Gasteiger partial charge in [0.05, 0.1) is 17.7 Å². The maximum Gasteiger partial charge on any atom is 0.513 e. The van der Waals surface area contributed by atoms with Gasteiger partial charge in [0.2, 0.25) is 0 Å². The Bertz CT molecular complexity index is 759. The van der Waals surface area contributed by atoms with Gasteiger partial charge in [0.15, 0.2) is 0 Å². The van der Waals surface area contributed by atoms with E-state index < -0.39 is 6.16 Å². The van der Waals surface area contributed by atoms with Gasteiger partial charge < -0.3 is 14.2 Å². The number of carbonyl (C=O) groups excluding carboxylic acids is 1. The molecule has 4 nitrogen and oxygen atoms in total. The second-order valence-corrected chi connectivity index (χ2v) is 6.13. The van der Waals surface area contributed by atoms with E-state index in [-0.39, 0.29) is 6.61 Å². The van der Waals surface area contributed by atoms with E-state index in [0.29, 0.717) is 27.1 Å². The first-order valence-corrected chi connectivity index (χ1v) is 8.73. The smallest absolute Gasteiger partial charge is 0.488 e. The van der Waals surface area contributed by atoms with Crippen molar-refractivity contribution in [2.24, 2.45) is 0 Å². The standard InChI is InChI=1S/C19H20Cl2O4/c1-4-12-9-13(5-2)18(10-16(12)21)24-11-14-15(20)7-6-8-17(14)25-19(22)23-3/h6-10H,4-5,11H2,1-3H3. The number of hydrogen-bond acceptors (Lipinski definition) is 4.